The smallest absolute Gasteiger partial charge is 0.261 e. The zero-order chi connectivity index (χ0) is 21.0. The van der Waals surface area contributed by atoms with Gasteiger partial charge in [-0.2, -0.15) is 0 Å². The number of aliphatic hydroxyl groups excluding tert-OH is 1. The number of carbonyl (C=O) groups is 1. The van der Waals surface area contributed by atoms with Gasteiger partial charge in [0.15, 0.2) is 0 Å². The topological polar surface area (TPSA) is 61.8 Å². The molecule has 1 atom stereocenters. The summed E-state index contributed by atoms with van der Waals surface area (Å²) in [5, 5.41) is 13.6. The van der Waals surface area contributed by atoms with Gasteiger partial charge in [0.1, 0.15) is 18.5 Å². The van der Waals surface area contributed by atoms with Gasteiger partial charge < -0.3 is 20.1 Å². The molecule has 0 bridgehead atoms. The Balaban J connectivity index is 1.41. The number of aliphatic hydroxyl groups is 1. The van der Waals surface area contributed by atoms with Crippen LogP contribution in [0.3, 0.4) is 0 Å². The van der Waals surface area contributed by atoms with Gasteiger partial charge in [-0.1, -0.05) is 12.1 Å². The third-order valence-corrected chi connectivity index (χ3v) is 6.65. The molecule has 0 aliphatic carbocycles. The number of amides is 1. The van der Waals surface area contributed by atoms with E-state index in [1.807, 2.05) is 26.0 Å². The Bertz CT molecular complexity index is 841. The highest BCUT2D eigenvalue weighted by molar-refractivity contribution is 7.13. The second-order valence-electron chi connectivity index (χ2n) is 8.08. The minimum atomic E-state index is -0.533. The molecule has 6 heteroatoms. The molecule has 0 saturated carbocycles. The first-order valence-electron chi connectivity index (χ1n) is 10.3. The number of carbonyl (C=O) groups excluding carboxylic acids is 1. The van der Waals surface area contributed by atoms with E-state index in [0.29, 0.717) is 13.2 Å². The van der Waals surface area contributed by atoms with Crippen molar-refractivity contribution in [2.45, 2.75) is 52.7 Å². The van der Waals surface area contributed by atoms with E-state index >= 15 is 0 Å². The first-order valence-corrected chi connectivity index (χ1v) is 11.1. The number of ether oxygens (including phenoxy) is 1. The number of hydrogen-bond donors (Lipinski definition) is 2. The van der Waals surface area contributed by atoms with E-state index in [0.717, 1.165) is 52.6 Å². The molecule has 5 nitrogen and oxygen atoms in total. The highest BCUT2D eigenvalue weighted by atomic mass is 32.1. The van der Waals surface area contributed by atoms with Crippen molar-refractivity contribution in [2.24, 2.45) is 0 Å². The number of nitrogens with one attached hydrogen (secondary N) is 1. The van der Waals surface area contributed by atoms with Crippen LogP contribution in [0.2, 0.25) is 0 Å². The van der Waals surface area contributed by atoms with Crippen LogP contribution in [0.5, 0.6) is 5.75 Å². The Morgan fingerprint density at radius 2 is 1.86 bits per heavy atom. The number of β-amino-alcohol motifs (C(OH)–C–C–N with tert-alkyl or cyclic N) is 1. The number of rotatable bonds is 7. The van der Waals surface area contributed by atoms with E-state index in [1.165, 1.54) is 16.9 Å². The van der Waals surface area contributed by atoms with Crippen LogP contribution in [0, 0.1) is 27.7 Å². The predicted molar refractivity (Wildman–Crippen MR) is 118 cm³/mol. The van der Waals surface area contributed by atoms with Crippen LogP contribution in [-0.2, 0) is 0 Å². The summed E-state index contributed by atoms with van der Waals surface area (Å²) in [6.07, 6.45) is 1.27. The third-order valence-electron chi connectivity index (χ3n) is 5.65. The van der Waals surface area contributed by atoms with Gasteiger partial charge in [0.05, 0.1) is 4.88 Å². The Labute approximate surface area is 177 Å². The Morgan fingerprint density at radius 1 is 1.17 bits per heavy atom. The number of aryl methyl sites for hydroxylation is 3. The second kappa shape index (κ2) is 9.74. The molecule has 0 spiro atoms. The molecule has 1 aliphatic rings. The molecule has 3 rings (SSSR count). The molecule has 1 aromatic heterocycles. The lowest BCUT2D eigenvalue weighted by atomic mass is 10.0. The molecule has 1 amide bonds. The van der Waals surface area contributed by atoms with Crippen molar-refractivity contribution in [1.82, 2.24) is 10.2 Å². The Morgan fingerprint density at radius 3 is 2.52 bits per heavy atom. The molecule has 1 saturated heterocycles. The molecule has 1 unspecified atom stereocenters. The van der Waals surface area contributed by atoms with Crippen molar-refractivity contribution in [3.63, 3.8) is 0 Å². The van der Waals surface area contributed by atoms with Crippen LogP contribution in [0.1, 0.15) is 44.1 Å². The van der Waals surface area contributed by atoms with Crippen LogP contribution >= 0.6 is 11.3 Å². The molecule has 29 heavy (non-hydrogen) atoms. The number of thiophene rings is 1. The average Bonchev–Trinajstić information content (AvgIpc) is 3.13. The summed E-state index contributed by atoms with van der Waals surface area (Å²) in [4.78, 5) is 16.5. The average molecular weight is 417 g/mol. The van der Waals surface area contributed by atoms with Crippen molar-refractivity contribution >= 4 is 17.2 Å². The molecule has 158 valence electrons. The number of piperidine rings is 1. The number of hydrogen-bond acceptors (Lipinski definition) is 5. The maximum Gasteiger partial charge on any atom is 0.261 e. The molecule has 2 heterocycles. The molecular weight excluding hydrogens is 384 g/mol. The van der Waals surface area contributed by atoms with Crippen molar-refractivity contribution < 1.29 is 14.6 Å². The minimum absolute atomic E-state index is 0.0267. The summed E-state index contributed by atoms with van der Waals surface area (Å²) >= 11 is 1.53. The zero-order valence-corrected chi connectivity index (χ0v) is 18.6. The number of benzene rings is 1. The summed E-state index contributed by atoms with van der Waals surface area (Å²) in [5.41, 5.74) is 3.43. The van der Waals surface area contributed by atoms with E-state index in [-0.39, 0.29) is 11.9 Å². The fraction of sp³-hybridized carbons (Fsp3) is 0.522. The fourth-order valence-corrected chi connectivity index (χ4v) is 4.52. The van der Waals surface area contributed by atoms with Gasteiger partial charge in [0, 0.05) is 30.6 Å². The summed E-state index contributed by atoms with van der Waals surface area (Å²) in [6, 6.07) is 8.22. The number of likely N-dealkylation sites (tertiary alicyclic amines) is 1. The Kier molecular flexibility index (Phi) is 7.33. The molecular formula is C23H32N2O3S. The van der Waals surface area contributed by atoms with E-state index in [1.54, 1.807) is 0 Å². The van der Waals surface area contributed by atoms with Gasteiger partial charge in [0.2, 0.25) is 0 Å². The third kappa shape index (κ3) is 5.81. The van der Waals surface area contributed by atoms with Crippen LogP contribution in [0.15, 0.2) is 24.3 Å². The summed E-state index contributed by atoms with van der Waals surface area (Å²) < 4.78 is 5.94. The van der Waals surface area contributed by atoms with Crippen molar-refractivity contribution in [3.8, 4) is 5.75 Å². The van der Waals surface area contributed by atoms with Gasteiger partial charge >= 0.3 is 0 Å². The van der Waals surface area contributed by atoms with Gasteiger partial charge in [-0.3, -0.25) is 4.79 Å². The molecule has 2 N–H and O–H groups in total. The summed E-state index contributed by atoms with van der Waals surface area (Å²) in [5.74, 6) is 0.910. The first kappa shape index (κ1) is 21.8. The first-order chi connectivity index (χ1) is 13.8. The maximum atomic E-state index is 12.3. The van der Waals surface area contributed by atoms with Gasteiger partial charge in [0.25, 0.3) is 5.91 Å². The summed E-state index contributed by atoms with van der Waals surface area (Å²) in [7, 11) is 0. The molecule has 1 fully saturated rings. The highest BCUT2D eigenvalue weighted by Gasteiger charge is 2.23. The molecule has 2 aromatic rings. The molecule has 1 aromatic carbocycles. The zero-order valence-electron chi connectivity index (χ0n) is 17.8. The lowest BCUT2D eigenvalue weighted by molar-refractivity contribution is 0.0564. The van der Waals surface area contributed by atoms with E-state index in [9.17, 15) is 9.90 Å². The second-order valence-corrected chi connectivity index (χ2v) is 9.36. The van der Waals surface area contributed by atoms with Crippen molar-refractivity contribution in [3.05, 3.63) is 50.7 Å². The lowest BCUT2D eigenvalue weighted by Crippen LogP contribution is -2.47. The largest absolute Gasteiger partial charge is 0.490 e. The standard InChI is InChI=1S/C23H32N2O3S/c1-15-5-6-16(2)22(18(15)4)28-14-20(26)13-25-11-9-19(10-12-25)24-23(27)21-8-7-17(3)29-21/h5-8,19-20,26H,9-14H2,1-4H3,(H,24,27). The van der Waals surface area contributed by atoms with Crippen LogP contribution in [0.4, 0.5) is 0 Å². The van der Waals surface area contributed by atoms with Gasteiger partial charge in [-0.05, 0) is 69.4 Å². The normalized spacial score (nSPS) is 16.6. The van der Waals surface area contributed by atoms with Crippen LogP contribution < -0.4 is 10.1 Å². The summed E-state index contributed by atoms with van der Waals surface area (Å²) in [6.45, 7) is 10.8. The van der Waals surface area contributed by atoms with E-state index in [4.69, 9.17) is 4.74 Å². The molecule has 0 radical (unpaired) electrons. The quantitative estimate of drug-likeness (QED) is 0.724. The monoisotopic (exact) mass is 416 g/mol. The van der Waals surface area contributed by atoms with E-state index < -0.39 is 6.10 Å². The van der Waals surface area contributed by atoms with E-state index in [2.05, 4.69) is 36.2 Å². The maximum absolute atomic E-state index is 12.3. The fourth-order valence-electron chi connectivity index (χ4n) is 3.75. The van der Waals surface area contributed by atoms with Crippen LogP contribution in [-0.4, -0.2) is 54.3 Å². The Hall–Kier alpha value is -1.89. The number of nitrogens with zero attached hydrogens (tertiary/aromatic N) is 1. The van der Waals surface area contributed by atoms with Crippen LogP contribution in [0.25, 0.3) is 0 Å². The predicted octanol–water partition coefficient (Wildman–Crippen LogP) is 3.62. The van der Waals surface area contributed by atoms with Gasteiger partial charge in [-0.25, -0.2) is 0 Å². The van der Waals surface area contributed by atoms with Crippen molar-refractivity contribution in [2.75, 3.05) is 26.2 Å². The minimum Gasteiger partial charge on any atom is -0.490 e. The molecule has 1 aliphatic heterocycles. The highest BCUT2D eigenvalue weighted by Crippen LogP contribution is 2.26. The SMILES string of the molecule is Cc1ccc(C(=O)NC2CCN(CC(O)COc3c(C)ccc(C)c3C)CC2)s1. The lowest BCUT2D eigenvalue weighted by Gasteiger charge is -2.33. The van der Waals surface area contributed by atoms with Gasteiger partial charge in [-0.15, -0.1) is 11.3 Å². The van der Waals surface area contributed by atoms with Crippen molar-refractivity contribution in [1.29, 1.82) is 0 Å².